The van der Waals surface area contributed by atoms with Crippen LogP contribution in [-0.2, 0) is 11.5 Å². The molecule has 7 heteroatoms. The third-order valence-corrected chi connectivity index (χ3v) is 3.12. The van der Waals surface area contributed by atoms with Crippen LogP contribution in [0.15, 0.2) is 46.2 Å². The van der Waals surface area contributed by atoms with Gasteiger partial charge in [-0.3, -0.25) is 9.78 Å². The monoisotopic (exact) mass is 286 g/mol. The SMILES string of the molecule is CCOCn1cnc2c1c(=O)[nH]c(=O)n2-c1ccccc1. The lowest BCUT2D eigenvalue weighted by Crippen LogP contribution is -2.30. The molecule has 1 aromatic carbocycles. The average Bonchev–Trinajstić information content (AvgIpc) is 2.90. The number of para-hydroxylation sites is 1. The molecule has 7 nitrogen and oxygen atoms in total. The summed E-state index contributed by atoms with van der Waals surface area (Å²) in [4.78, 5) is 30.7. The number of H-pyrrole nitrogens is 1. The Morgan fingerprint density at radius 1 is 1.24 bits per heavy atom. The second-order valence-electron chi connectivity index (χ2n) is 4.44. The molecule has 0 bridgehead atoms. The van der Waals surface area contributed by atoms with Gasteiger partial charge in [-0.15, -0.1) is 0 Å². The third kappa shape index (κ3) is 2.27. The van der Waals surface area contributed by atoms with E-state index in [2.05, 4.69) is 9.97 Å². The molecule has 0 radical (unpaired) electrons. The zero-order chi connectivity index (χ0) is 14.8. The Kier molecular flexibility index (Phi) is 3.41. The van der Waals surface area contributed by atoms with Crippen molar-refractivity contribution in [2.45, 2.75) is 13.7 Å². The van der Waals surface area contributed by atoms with E-state index in [-0.39, 0.29) is 6.73 Å². The van der Waals surface area contributed by atoms with Gasteiger partial charge in [0, 0.05) is 6.61 Å². The normalized spacial score (nSPS) is 11.1. The van der Waals surface area contributed by atoms with Gasteiger partial charge in [0.25, 0.3) is 5.56 Å². The molecule has 2 heterocycles. The van der Waals surface area contributed by atoms with Crippen LogP contribution in [0.3, 0.4) is 0 Å². The molecular weight excluding hydrogens is 272 g/mol. The second kappa shape index (κ2) is 5.37. The first kappa shape index (κ1) is 13.3. The van der Waals surface area contributed by atoms with Crippen molar-refractivity contribution in [3.63, 3.8) is 0 Å². The number of fused-ring (bicyclic) bond motifs is 1. The van der Waals surface area contributed by atoms with Gasteiger partial charge in [0.1, 0.15) is 6.73 Å². The van der Waals surface area contributed by atoms with Gasteiger partial charge in [-0.2, -0.15) is 0 Å². The molecule has 0 fully saturated rings. The minimum Gasteiger partial charge on any atom is -0.361 e. The third-order valence-electron chi connectivity index (χ3n) is 3.12. The number of aromatic amines is 1. The van der Waals surface area contributed by atoms with Gasteiger partial charge in [0.15, 0.2) is 11.2 Å². The number of nitrogens with zero attached hydrogens (tertiary/aromatic N) is 3. The zero-order valence-corrected chi connectivity index (χ0v) is 11.4. The predicted octanol–water partition coefficient (Wildman–Crippen LogP) is 0.869. The number of imidazole rings is 1. The predicted molar refractivity (Wildman–Crippen MR) is 77.6 cm³/mol. The summed E-state index contributed by atoms with van der Waals surface area (Å²) in [5, 5.41) is 0. The van der Waals surface area contributed by atoms with E-state index in [1.54, 1.807) is 16.7 Å². The standard InChI is InChI=1S/C14H14N4O3/c1-2-21-9-17-8-15-12-11(17)13(19)16-14(20)18(12)10-6-4-3-5-7-10/h3-8H,2,9H2,1H3,(H,16,19,20). The molecule has 0 aliphatic carbocycles. The molecule has 0 saturated carbocycles. The topological polar surface area (TPSA) is 81.9 Å². The number of ether oxygens (including phenoxy) is 1. The van der Waals surface area contributed by atoms with Gasteiger partial charge >= 0.3 is 5.69 Å². The fourth-order valence-electron chi connectivity index (χ4n) is 2.18. The fourth-order valence-corrected chi connectivity index (χ4v) is 2.18. The van der Waals surface area contributed by atoms with Crippen LogP contribution in [0.4, 0.5) is 0 Å². The molecule has 3 aromatic rings. The number of hydrogen-bond acceptors (Lipinski definition) is 4. The molecule has 2 aromatic heterocycles. The van der Waals surface area contributed by atoms with E-state index in [0.717, 1.165) is 0 Å². The van der Waals surface area contributed by atoms with E-state index in [0.29, 0.717) is 23.5 Å². The molecule has 0 atom stereocenters. The lowest BCUT2D eigenvalue weighted by molar-refractivity contribution is 0.0903. The van der Waals surface area contributed by atoms with Gasteiger partial charge in [0.05, 0.1) is 12.0 Å². The van der Waals surface area contributed by atoms with Crippen LogP contribution in [0.5, 0.6) is 0 Å². The molecule has 3 rings (SSSR count). The summed E-state index contributed by atoms with van der Waals surface area (Å²) in [5.41, 5.74) is 0.284. The second-order valence-corrected chi connectivity index (χ2v) is 4.44. The summed E-state index contributed by atoms with van der Waals surface area (Å²) in [6.45, 7) is 2.60. The first-order valence-electron chi connectivity index (χ1n) is 6.55. The summed E-state index contributed by atoms with van der Waals surface area (Å²) in [5.74, 6) is 0. The Balaban J connectivity index is 2.29. The minimum atomic E-state index is -0.514. The summed E-state index contributed by atoms with van der Waals surface area (Å²) >= 11 is 0. The van der Waals surface area contributed by atoms with Crippen molar-refractivity contribution >= 4 is 11.2 Å². The van der Waals surface area contributed by atoms with Crippen LogP contribution < -0.4 is 11.2 Å². The zero-order valence-electron chi connectivity index (χ0n) is 11.4. The fraction of sp³-hybridized carbons (Fsp3) is 0.214. The Morgan fingerprint density at radius 2 is 2.00 bits per heavy atom. The Morgan fingerprint density at radius 3 is 2.71 bits per heavy atom. The number of aromatic nitrogens is 4. The summed E-state index contributed by atoms with van der Waals surface area (Å²) in [6, 6.07) is 9.04. The average molecular weight is 286 g/mol. The van der Waals surface area contributed by atoms with Crippen LogP contribution in [0.1, 0.15) is 6.92 Å². The van der Waals surface area contributed by atoms with Crippen LogP contribution in [0.25, 0.3) is 16.9 Å². The highest BCUT2D eigenvalue weighted by atomic mass is 16.5. The lowest BCUT2D eigenvalue weighted by Gasteiger charge is -2.07. The number of benzene rings is 1. The van der Waals surface area contributed by atoms with Crippen LogP contribution in [0, 0.1) is 0 Å². The smallest absolute Gasteiger partial charge is 0.334 e. The number of hydrogen-bond donors (Lipinski definition) is 1. The van der Waals surface area contributed by atoms with Gasteiger partial charge in [-0.25, -0.2) is 14.3 Å². The van der Waals surface area contributed by atoms with Crippen molar-refractivity contribution in [2.24, 2.45) is 0 Å². The molecule has 21 heavy (non-hydrogen) atoms. The van der Waals surface area contributed by atoms with E-state index >= 15 is 0 Å². The maximum atomic E-state index is 12.1. The van der Waals surface area contributed by atoms with Crippen molar-refractivity contribution in [1.29, 1.82) is 0 Å². The maximum absolute atomic E-state index is 12.1. The first-order chi connectivity index (χ1) is 10.2. The number of nitrogens with one attached hydrogen (secondary N) is 1. The molecule has 0 amide bonds. The summed E-state index contributed by atoms with van der Waals surface area (Å²) < 4.78 is 8.25. The van der Waals surface area contributed by atoms with E-state index in [1.807, 2.05) is 25.1 Å². The molecule has 108 valence electrons. The molecule has 0 unspecified atom stereocenters. The van der Waals surface area contributed by atoms with Gasteiger partial charge in [0.2, 0.25) is 0 Å². The van der Waals surface area contributed by atoms with Crippen molar-refractivity contribution in [2.75, 3.05) is 6.61 Å². The highest BCUT2D eigenvalue weighted by Gasteiger charge is 2.14. The van der Waals surface area contributed by atoms with Crippen LogP contribution in [-0.4, -0.2) is 25.7 Å². The van der Waals surface area contributed by atoms with Crippen molar-refractivity contribution in [3.05, 3.63) is 57.5 Å². The Labute approximate surface area is 119 Å². The van der Waals surface area contributed by atoms with Gasteiger partial charge in [-0.05, 0) is 19.1 Å². The quantitative estimate of drug-likeness (QED) is 0.771. The molecule has 0 aliphatic heterocycles. The van der Waals surface area contributed by atoms with Crippen LogP contribution in [0.2, 0.25) is 0 Å². The summed E-state index contributed by atoms with van der Waals surface area (Å²) in [7, 11) is 0. The van der Waals surface area contributed by atoms with E-state index in [4.69, 9.17) is 4.74 Å². The highest BCUT2D eigenvalue weighted by molar-refractivity contribution is 5.72. The summed E-state index contributed by atoms with van der Waals surface area (Å²) in [6.07, 6.45) is 1.49. The Bertz CT molecular complexity index is 877. The van der Waals surface area contributed by atoms with E-state index in [9.17, 15) is 9.59 Å². The minimum absolute atomic E-state index is 0.211. The van der Waals surface area contributed by atoms with Crippen molar-refractivity contribution in [3.8, 4) is 5.69 Å². The largest absolute Gasteiger partial charge is 0.361 e. The van der Waals surface area contributed by atoms with E-state index in [1.165, 1.54) is 10.9 Å². The van der Waals surface area contributed by atoms with Crippen LogP contribution >= 0.6 is 0 Å². The maximum Gasteiger partial charge on any atom is 0.334 e. The van der Waals surface area contributed by atoms with Crippen molar-refractivity contribution < 1.29 is 4.74 Å². The number of rotatable bonds is 4. The van der Waals surface area contributed by atoms with Crippen molar-refractivity contribution in [1.82, 2.24) is 19.1 Å². The first-order valence-corrected chi connectivity index (χ1v) is 6.55. The van der Waals surface area contributed by atoms with Gasteiger partial charge in [-0.1, -0.05) is 18.2 Å². The Hall–Kier alpha value is -2.67. The highest BCUT2D eigenvalue weighted by Crippen LogP contribution is 2.11. The van der Waals surface area contributed by atoms with E-state index < -0.39 is 11.2 Å². The molecule has 0 aliphatic rings. The lowest BCUT2D eigenvalue weighted by atomic mass is 10.3. The molecule has 0 spiro atoms. The molecule has 1 N–H and O–H groups in total. The van der Waals surface area contributed by atoms with Gasteiger partial charge < -0.3 is 9.30 Å². The molecule has 0 saturated heterocycles. The molecular formula is C14H14N4O3.